The number of nitrogens with two attached hydrogens (primary N) is 1. The summed E-state index contributed by atoms with van der Waals surface area (Å²) in [5, 5.41) is 14.1. The van der Waals surface area contributed by atoms with E-state index in [0.717, 1.165) is 22.4 Å². The van der Waals surface area contributed by atoms with E-state index in [1.54, 1.807) is 12.2 Å². The van der Waals surface area contributed by atoms with Crippen LogP contribution in [0, 0.1) is 0 Å². The van der Waals surface area contributed by atoms with Crippen molar-refractivity contribution in [3.05, 3.63) is 35.3 Å². The van der Waals surface area contributed by atoms with E-state index in [0.29, 0.717) is 0 Å². The van der Waals surface area contributed by atoms with Crippen LogP contribution in [0.15, 0.2) is 35.3 Å². The zero-order chi connectivity index (χ0) is 8.69. The second-order valence-electron chi connectivity index (χ2n) is 1.89. The van der Waals surface area contributed by atoms with Gasteiger partial charge in [0.15, 0.2) is 0 Å². The van der Waals surface area contributed by atoms with E-state index in [-0.39, 0.29) is 14.0 Å². The maximum atomic E-state index is 8.75. The molecule has 0 spiro atoms. The molecule has 0 rings (SSSR count). The molecule has 0 saturated heterocycles. The van der Waals surface area contributed by atoms with Gasteiger partial charge in [-0.05, 0) is 30.5 Å². The third-order valence-electron chi connectivity index (χ3n) is 1.19. The van der Waals surface area contributed by atoms with Crippen LogP contribution in [-0.2, 0) is 0 Å². The van der Waals surface area contributed by atoms with Crippen LogP contribution in [0.4, 0.5) is 0 Å². The third kappa shape index (κ3) is 5.18. The molecule has 3 heteroatoms. The SMILES string of the molecule is C.C=C/C(=C\C(=C/C)SN)CO. The molecular weight excluding hydrogens is 170 g/mol. The molecule has 2 nitrogen and oxygen atoms in total. The molecular formula is C9H17NOS. The first kappa shape index (κ1) is 14.0. The number of hydrogen-bond acceptors (Lipinski definition) is 3. The molecule has 0 unspecified atom stereocenters. The van der Waals surface area contributed by atoms with Gasteiger partial charge in [-0.15, -0.1) is 0 Å². The Hall–Kier alpha value is -0.510. The van der Waals surface area contributed by atoms with Gasteiger partial charge in [0.1, 0.15) is 0 Å². The van der Waals surface area contributed by atoms with Crippen LogP contribution >= 0.6 is 11.9 Å². The predicted octanol–water partition coefficient (Wildman–Crippen LogP) is 2.24. The lowest BCUT2D eigenvalue weighted by atomic mass is 10.2. The molecule has 0 amide bonds. The van der Waals surface area contributed by atoms with Crippen molar-refractivity contribution in [3.8, 4) is 0 Å². The molecule has 0 aliphatic heterocycles. The fourth-order valence-corrected chi connectivity index (χ4v) is 0.893. The molecule has 0 saturated carbocycles. The van der Waals surface area contributed by atoms with Gasteiger partial charge >= 0.3 is 0 Å². The van der Waals surface area contributed by atoms with Gasteiger partial charge in [-0.3, -0.25) is 5.14 Å². The largest absolute Gasteiger partial charge is 0.392 e. The number of aliphatic hydroxyl groups is 1. The molecule has 0 aromatic rings. The van der Waals surface area contributed by atoms with Crippen molar-refractivity contribution in [1.29, 1.82) is 0 Å². The van der Waals surface area contributed by atoms with Gasteiger partial charge in [-0.1, -0.05) is 26.2 Å². The molecule has 3 N–H and O–H groups in total. The maximum absolute atomic E-state index is 8.75. The molecule has 0 aromatic carbocycles. The van der Waals surface area contributed by atoms with Gasteiger partial charge in [0, 0.05) is 4.91 Å². The van der Waals surface area contributed by atoms with E-state index in [4.69, 9.17) is 10.2 Å². The molecule has 70 valence electrons. The fourth-order valence-electron chi connectivity index (χ4n) is 0.537. The highest BCUT2D eigenvalue weighted by Crippen LogP contribution is 2.12. The highest BCUT2D eigenvalue weighted by atomic mass is 32.2. The van der Waals surface area contributed by atoms with Crippen molar-refractivity contribution in [2.45, 2.75) is 14.4 Å². The van der Waals surface area contributed by atoms with Gasteiger partial charge in [-0.2, -0.15) is 0 Å². The summed E-state index contributed by atoms with van der Waals surface area (Å²) in [6.45, 7) is 5.44. The quantitative estimate of drug-likeness (QED) is 0.524. The summed E-state index contributed by atoms with van der Waals surface area (Å²) in [6, 6.07) is 0. The Morgan fingerprint density at radius 1 is 1.67 bits per heavy atom. The van der Waals surface area contributed by atoms with Crippen LogP contribution in [0.2, 0.25) is 0 Å². The van der Waals surface area contributed by atoms with Gasteiger partial charge in [0.25, 0.3) is 0 Å². The van der Waals surface area contributed by atoms with Crippen molar-refractivity contribution in [2.24, 2.45) is 5.14 Å². The Morgan fingerprint density at radius 2 is 2.25 bits per heavy atom. The van der Waals surface area contributed by atoms with Gasteiger partial charge in [-0.25, -0.2) is 0 Å². The molecule has 0 bridgehead atoms. The van der Waals surface area contributed by atoms with Crippen molar-refractivity contribution in [3.63, 3.8) is 0 Å². The Bertz CT molecular complexity index is 185. The Morgan fingerprint density at radius 3 is 2.50 bits per heavy atom. The summed E-state index contributed by atoms with van der Waals surface area (Å²) >= 11 is 1.15. The van der Waals surface area contributed by atoms with E-state index >= 15 is 0 Å². The van der Waals surface area contributed by atoms with E-state index in [1.165, 1.54) is 0 Å². The lowest BCUT2D eigenvalue weighted by Gasteiger charge is -1.97. The van der Waals surface area contributed by atoms with Crippen LogP contribution in [0.25, 0.3) is 0 Å². The van der Waals surface area contributed by atoms with E-state index < -0.39 is 0 Å². The van der Waals surface area contributed by atoms with Crippen molar-refractivity contribution < 1.29 is 5.11 Å². The zero-order valence-electron chi connectivity index (χ0n) is 6.58. The monoisotopic (exact) mass is 187 g/mol. The summed E-state index contributed by atoms with van der Waals surface area (Å²) in [4.78, 5) is 0.925. The molecule has 0 atom stereocenters. The van der Waals surface area contributed by atoms with Crippen LogP contribution < -0.4 is 5.14 Å². The van der Waals surface area contributed by atoms with E-state index in [9.17, 15) is 0 Å². The van der Waals surface area contributed by atoms with Crippen LogP contribution in [-0.4, -0.2) is 11.7 Å². The maximum Gasteiger partial charge on any atom is 0.0682 e. The minimum atomic E-state index is 0. The van der Waals surface area contributed by atoms with Crippen molar-refractivity contribution >= 4 is 11.9 Å². The lowest BCUT2D eigenvalue weighted by molar-refractivity contribution is 0.335. The van der Waals surface area contributed by atoms with Gasteiger partial charge in [0.2, 0.25) is 0 Å². The molecule has 0 aliphatic carbocycles. The fraction of sp³-hybridized carbons (Fsp3) is 0.333. The lowest BCUT2D eigenvalue weighted by Crippen LogP contribution is -1.87. The molecule has 0 aromatic heterocycles. The normalized spacial score (nSPS) is 12.2. The Kier molecular flexibility index (Phi) is 10.0. The standard InChI is InChI=1S/C8H13NOS.CH4/c1-3-7(6-10)5-8(4-2)11-9;/h3-5,10H,1,6,9H2,2H3;1H4/b7-5+,8-4+;. The summed E-state index contributed by atoms with van der Waals surface area (Å²) in [6.07, 6.45) is 5.29. The molecule has 0 fully saturated rings. The summed E-state index contributed by atoms with van der Waals surface area (Å²) in [5.41, 5.74) is 0.774. The minimum absolute atomic E-state index is 0. The van der Waals surface area contributed by atoms with Gasteiger partial charge in [0.05, 0.1) is 6.61 Å². The summed E-state index contributed by atoms with van der Waals surface area (Å²) < 4.78 is 0. The van der Waals surface area contributed by atoms with Crippen LogP contribution in [0.1, 0.15) is 14.4 Å². The van der Waals surface area contributed by atoms with Crippen LogP contribution in [0.3, 0.4) is 0 Å². The predicted molar refractivity (Wildman–Crippen MR) is 57.6 cm³/mol. The van der Waals surface area contributed by atoms with Crippen molar-refractivity contribution in [2.75, 3.05) is 6.61 Å². The van der Waals surface area contributed by atoms with E-state index in [2.05, 4.69) is 6.58 Å². The summed E-state index contributed by atoms with van der Waals surface area (Å²) in [7, 11) is 0. The molecule has 0 aliphatic rings. The third-order valence-corrected chi connectivity index (χ3v) is 1.82. The Labute approximate surface area is 79.0 Å². The van der Waals surface area contributed by atoms with E-state index in [1.807, 2.05) is 13.0 Å². The highest BCUT2D eigenvalue weighted by molar-refractivity contribution is 8.01. The average Bonchev–Trinajstić information content (AvgIpc) is 2.07. The second kappa shape index (κ2) is 8.59. The molecule has 0 radical (unpaired) electrons. The number of rotatable bonds is 4. The minimum Gasteiger partial charge on any atom is -0.392 e. The first-order valence-electron chi connectivity index (χ1n) is 3.25. The first-order valence-corrected chi connectivity index (χ1v) is 4.13. The van der Waals surface area contributed by atoms with Crippen LogP contribution in [0.5, 0.6) is 0 Å². The second-order valence-corrected chi connectivity index (χ2v) is 2.60. The number of aliphatic hydroxyl groups excluding tert-OH is 1. The highest BCUT2D eigenvalue weighted by Gasteiger charge is 1.91. The number of hydrogen-bond donors (Lipinski definition) is 2. The first-order chi connectivity index (χ1) is 5.28. The number of allylic oxidation sites excluding steroid dienone is 2. The van der Waals surface area contributed by atoms with Gasteiger partial charge < -0.3 is 5.11 Å². The zero-order valence-corrected chi connectivity index (χ0v) is 7.40. The Balaban J connectivity index is 0. The topological polar surface area (TPSA) is 46.2 Å². The molecule has 12 heavy (non-hydrogen) atoms. The average molecular weight is 187 g/mol. The van der Waals surface area contributed by atoms with Crippen molar-refractivity contribution in [1.82, 2.24) is 0 Å². The molecule has 0 heterocycles. The summed E-state index contributed by atoms with van der Waals surface area (Å²) in [5.74, 6) is 0. The smallest absolute Gasteiger partial charge is 0.0682 e.